The van der Waals surface area contributed by atoms with E-state index in [1.165, 1.54) is 0 Å². The molecule has 0 radical (unpaired) electrons. The average Bonchev–Trinajstić information content (AvgIpc) is 2.97. The molecule has 4 aromatic rings. The summed E-state index contributed by atoms with van der Waals surface area (Å²) in [6, 6.07) is 13.7. The molecule has 0 aliphatic rings. The van der Waals surface area contributed by atoms with Gasteiger partial charge in [-0.15, -0.1) is 0 Å². The summed E-state index contributed by atoms with van der Waals surface area (Å²) in [7, 11) is 0. The summed E-state index contributed by atoms with van der Waals surface area (Å²) in [6.07, 6.45) is 0. The smallest absolute Gasteiger partial charge is 0.257 e. The first-order chi connectivity index (χ1) is 13.9. The van der Waals surface area contributed by atoms with E-state index in [4.69, 9.17) is 15.7 Å². The minimum absolute atomic E-state index is 0.227. The first-order valence-corrected chi connectivity index (χ1v) is 9.80. The lowest BCUT2D eigenvalue weighted by Crippen LogP contribution is -2.28. The second-order valence-corrected chi connectivity index (χ2v) is 7.80. The van der Waals surface area contributed by atoms with Gasteiger partial charge in [-0.2, -0.15) is 0 Å². The maximum atomic E-state index is 13.0. The van der Waals surface area contributed by atoms with Gasteiger partial charge in [-0.25, -0.2) is 9.97 Å². The number of aryl methyl sites for hydroxylation is 1. The van der Waals surface area contributed by atoms with Crippen LogP contribution in [0.15, 0.2) is 42.5 Å². The van der Waals surface area contributed by atoms with Crippen LogP contribution >= 0.6 is 0 Å². The number of para-hydroxylation sites is 2. The number of anilines is 1. The van der Waals surface area contributed by atoms with Crippen molar-refractivity contribution in [3.8, 4) is 5.69 Å². The van der Waals surface area contributed by atoms with Crippen molar-refractivity contribution in [1.82, 2.24) is 19.9 Å². The van der Waals surface area contributed by atoms with Crippen LogP contribution in [0.5, 0.6) is 0 Å². The monoisotopic (exact) mass is 387 g/mol. The largest absolute Gasteiger partial charge is 0.384 e. The van der Waals surface area contributed by atoms with Crippen molar-refractivity contribution < 1.29 is 4.79 Å². The van der Waals surface area contributed by atoms with Gasteiger partial charge < -0.3 is 11.1 Å². The molecular weight excluding hydrogens is 362 g/mol. The van der Waals surface area contributed by atoms with Crippen molar-refractivity contribution >= 4 is 33.9 Å². The van der Waals surface area contributed by atoms with Gasteiger partial charge in [0.15, 0.2) is 5.65 Å². The quantitative estimate of drug-likeness (QED) is 0.551. The number of rotatable bonds is 4. The van der Waals surface area contributed by atoms with Gasteiger partial charge in [-0.1, -0.05) is 38.1 Å². The fourth-order valence-electron chi connectivity index (χ4n) is 3.49. The number of hydrogen-bond acceptors (Lipinski definition) is 4. The van der Waals surface area contributed by atoms with E-state index in [0.29, 0.717) is 35.0 Å². The predicted molar refractivity (Wildman–Crippen MR) is 117 cm³/mol. The van der Waals surface area contributed by atoms with Crippen molar-refractivity contribution in [1.29, 1.82) is 0 Å². The van der Waals surface area contributed by atoms with E-state index in [0.717, 1.165) is 27.8 Å². The van der Waals surface area contributed by atoms with Crippen LogP contribution in [0.2, 0.25) is 0 Å². The van der Waals surface area contributed by atoms with Crippen LogP contribution in [0.4, 0.5) is 5.82 Å². The van der Waals surface area contributed by atoms with E-state index in [1.54, 1.807) is 0 Å². The molecule has 0 fully saturated rings. The summed E-state index contributed by atoms with van der Waals surface area (Å²) in [5, 5.41) is 2.97. The number of nitrogens with one attached hydrogen (secondary N) is 1. The highest BCUT2D eigenvalue weighted by molar-refractivity contribution is 6.11. The Labute approximate surface area is 169 Å². The van der Waals surface area contributed by atoms with E-state index in [1.807, 2.05) is 47.9 Å². The van der Waals surface area contributed by atoms with E-state index in [9.17, 15) is 4.79 Å². The maximum Gasteiger partial charge on any atom is 0.257 e. The second kappa shape index (κ2) is 7.20. The van der Waals surface area contributed by atoms with E-state index in [-0.39, 0.29) is 5.91 Å². The zero-order chi connectivity index (χ0) is 20.7. The number of nitrogens with zero attached hydrogens (tertiary/aromatic N) is 3. The van der Waals surface area contributed by atoms with Gasteiger partial charge in [0.25, 0.3) is 5.91 Å². The summed E-state index contributed by atoms with van der Waals surface area (Å²) in [4.78, 5) is 22.6. The summed E-state index contributed by atoms with van der Waals surface area (Å²) in [5.74, 6) is 0.458. The SMILES string of the molecule is Cc1cccc(-n2c(N)c(C(=O)NCC(C)C)c3nc4ccccc4nc32)c1C. The lowest BCUT2D eigenvalue weighted by Gasteiger charge is -2.13. The number of nitrogens with two attached hydrogens (primary N) is 1. The van der Waals surface area contributed by atoms with Crippen LogP contribution in [-0.4, -0.2) is 27.0 Å². The maximum absolute atomic E-state index is 13.0. The molecule has 0 atom stereocenters. The Balaban J connectivity index is 2.04. The zero-order valence-corrected chi connectivity index (χ0v) is 17.2. The molecule has 0 aliphatic carbocycles. The van der Waals surface area contributed by atoms with E-state index < -0.39 is 0 Å². The molecule has 0 saturated heterocycles. The molecule has 0 aliphatic heterocycles. The van der Waals surface area contributed by atoms with E-state index in [2.05, 4.69) is 32.2 Å². The lowest BCUT2D eigenvalue weighted by molar-refractivity contribution is 0.0951. The van der Waals surface area contributed by atoms with Gasteiger partial charge >= 0.3 is 0 Å². The highest BCUT2D eigenvalue weighted by Gasteiger charge is 2.25. The van der Waals surface area contributed by atoms with Gasteiger partial charge in [-0.3, -0.25) is 9.36 Å². The van der Waals surface area contributed by atoms with Crippen molar-refractivity contribution in [3.05, 3.63) is 59.2 Å². The summed E-state index contributed by atoms with van der Waals surface area (Å²) < 4.78 is 1.85. The molecule has 3 N–H and O–H groups in total. The van der Waals surface area contributed by atoms with Crippen molar-refractivity contribution in [3.63, 3.8) is 0 Å². The molecule has 6 heteroatoms. The summed E-state index contributed by atoms with van der Waals surface area (Å²) in [5.41, 5.74) is 12.7. The molecule has 1 amide bonds. The number of hydrogen-bond donors (Lipinski definition) is 2. The van der Waals surface area contributed by atoms with Gasteiger partial charge in [0.1, 0.15) is 16.9 Å². The number of benzene rings is 2. The first-order valence-electron chi connectivity index (χ1n) is 9.80. The molecule has 0 bridgehead atoms. The number of fused-ring (bicyclic) bond motifs is 2. The predicted octanol–water partition coefficient (Wildman–Crippen LogP) is 4.16. The van der Waals surface area contributed by atoms with Gasteiger partial charge in [-0.05, 0) is 49.1 Å². The fraction of sp³-hybridized carbons (Fsp3) is 0.261. The fourth-order valence-corrected chi connectivity index (χ4v) is 3.49. The summed E-state index contributed by atoms with van der Waals surface area (Å²) in [6.45, 7) is 8.77. The molecule has 2 aromatic carbocycles. The standard InChI is InChI=1S/C23H25N5O/c1-13(2)12-25-23(29)19-20-22(27-17-10-6-5-9-16(17)26-20)28(21(19)24)18-11-7-8-14(3)15(18)4/h5-11,13H,12,24H2,1-4H3,(H,25,29). The van der Waals surface area contributed by atoms with Crippen LogP contribution in [0.3, 0.4) is 0 Å². The number of aromatic nitrogens is 3. The third-order valence-corrected chi connectivity index (χ3v) is 5.21. The Morgan fingerprint density at radius 2 is 1.76 bits per heavy atom. The molecule has 6 nitrogen and oxygen atoms in total. The highest BCUT2D eigenvalue weighted by atomic mass is 16.1. The normalized spacial score (nSPS) is 11.5. The number of amides is 1. The topological polar surface area (TPSA) is 85.8 Å². The molecule has 4 rings (SSSR count). The minimum atomic E-state index is -0.227. The van der Waals surface area contributed by atoms with Crippen LogP contribution in [0.25, 0.3) is 27.9 Å². The summed E-state index contributed by atoms with van der Waals surface area (Å²) >= 11 is 0. The minimum Gasteiger partial charge on any atom is -0.384 e. The average molecular weight is 387 g/mol. The molecule has 2 aromatic heterocycles. The van der Waals surface area contributed by atoms with Crippen LogP contribution < -0.4 is 11.1 Å². The van der Waals surface area contributed by atoms with Crippen molar-refractivity contribution in [2.45, 2.75) is 27.7 Å². The Morgan fingerprint density at radius 1 is 1.07 bits per heavy atom. The molecule has 29 heavy (non-hydrogen) atoms. The van der Waals surface area contributed by atoms with Crippen LogP contribution in [0.1, 0.15) is 35.3 Å². The van der Waals surface area contributed by atoms with E-state index >= 15 is 0 Å². The van der Waals surface area contributed by atoms with Gasteiger partial charge in [0.05, 0.1) is 16.7 Å². The van der Waals surface area contributed by atoms with Crippen molar-refractivity contribution in [2.75, 3.05) is 12.3 Å². The Morgan fingerprint density at radius 3 is 2.45 bits per heavy atom. The van der Waals surface area contributed by atoms with Crippen LogP contribution in [0, 0.1) is 19.8 Å². The number of carbonyl (C=O) groups excluding carboxylic acids is 1. The Hall–Kier alpha value is -3.41. The van der Waals surface area contributed by atoms with Crippen molar-refractivity contribution in [2.24, 2.45) is 5.92 Å². The van der Waals surface area contributed by atoms with Gasteiger partial charge in [0.2, 0.25) is 0 Å². The molecule has 0 spiro atoms. The van der Waals surface area contributed by atoms with Crippen LogP contribution in [-0.2, 0) is 0 Å². The Bertz CT molecular complexity index is 1240. The molecule has 0 unspecified atom stereocenters. The number of carbonyl (C=O) groups is 1. The third-order valence-electron chi connectivity index (χ3n) is 5.21. The van der Waals surface area contributed by atoms with Gasteiger partial charge in [0, 0.05) is 6.54 Å². The molecule has 0 saturated carbocycles. The second-order valence-electron chi connectivity index (χ2n) is 7.80. The first kappa shape index (κ1) is 18.9. The lowest BCUT2D eigenvalue weighted by atomic mass is 10.1. The molecular formula is C23H25N5O. The zero-order valence-electron chi connectivity index (χ0n) is 17.2. The molecule has 148 valence electrons. The molecule has 2 heterocycles. The number of nitrogen functional groups attached to an aromatic ring is 1. The highest BCUT2D eigenvalue weighted by Crippen LogP contribution is 2.32. The third kappa shape index (κ3) is 3.20. The Kier molecular flexibility index (Phi) is 4.70.